The number of nitrogens with one attached hydrogen (secondary N) is 1. The summed E-state index contributed by atoms with van der Waals surface area (Å²) in [5.41, 5.74) is 0.948. The van der Waals surface area contributed by atoms with Crippen LogP contribution in [0.2, 0.25) is 0 Å². The van der Waals surface area contributed by atoms with E-state index in [1.165, 1.54) is 0 Å². The molecular weight excluding hydrogens is 329 g/mol. The van der Waals surface area contributed by atoms with E-state index in [-0.39, 0.29) is 0 Å². The Morgan fingerprint density at radius 1 is 1.29 bits per heavy atom. The number of rotatable bonds is 5. The third-order valence-corrected chi connectivity index (χ3v) is 2.77. The van der Waals surface area contributed by atoms with Gasteiger partial charge in [0.15, 0.2) is 5.82 Å². The first kappa shape index (κ1) is 12.4. The standard InChI is InChI=1S/C11H14IN5/c1-2-3-13-5-10-6-15-11(7-14-10)17-8-9(12)4-16-17/h4,6-8,13H,2-3,5H2,1H3. The molecule has 2 aromatic rings. The zero-order valence-electron chi connectivity index (χ0n) is 9.60. The molecule has 0 aliphatic heterocycles. The Morgan fingerprint density at radius 3 is 2.76 bits per heavy atom. The van der Waals surface area contributed by atoms with Crippen LogP contribution < -0.4 is 5.32 Å². The highest BCUT2D eigenvalue weighted by atomic mass is 127. The lowest BCUT2D eigenvalue weighted by molar-refractivity contribution is 0.660. The van der Waals surface area contributed by atoms with Crippen LogP contribution in [0.15, 0.2) is 24.8 Å². The van der Waals surface area contributed by atoms with Gasteiger partial charge in [0.05, 0.1) is 27.9 Å². The maximum Gasteiger partial charge on any atom is 0.171 e. The van der Waals surface area contributed by atoms with Crippen LogP contribution >= 0.6 is 22.6 Å². The molecule has 0 aliphatic carbocycles. The minimum atomic E-state index is 0.743. The highest BCUT2D eigenvalue weighted by Crippen LogP contribution is 2.06. The van der Waals surface area contributed by atoms with Crippen LogP contribution in [-0.4, -0.2) is 26.3 Å². The molecule has 0 aliphatic rings. The van der Waals surface area contributed by atoms with E-state index < -0.39 is 0 Å². The molecule has 0 spiro atoms. The van der Waals surface area contributed by atoms with Crippen molar-refractivity contribution in [1.82, 2.24) is 25.1 Å². The molecule has 0 unspecified atom stereocenters. The van der Waals surface area contributed by atoms with Gasteiger partial charge in [-0.05, 0) is 35.6 Å². The summed E-state index contributed by atoms with van der Waals surface area (Å²) in [6.45, 7) is 3.90. The van der Waals surface area contributed by atoms with Gasteiger partial charge in [-0.1, -0.05) is 6.92 Å². The molecule has 2 aromatic heterocycles. The van der Waals surface area contributed by atoms with Gasteiger partial charge in [0.2, 0.25) is 0 Å². The van der Waals surface area contributed by atoms with Crippen LogP contribution in [0.5, 0.6) is 0 Å². The van der Waals surface area contributed by atoms with Crippen molar-refractivity contribution in [2.45, 2.75) is 19.9 Å². The van der Waals surface area contributed by atoms with Gasteiger partial charge in [0, 0.05) is 12.7 Å². The molecule has 0 saturated heterocycles. The molecule has 0 radical (unpaired) electrons. The molecule has 0 fully saturated rings. The molecule has 1 N–H and O–H groups in total. The highest BCUT2D eigenvalue weighted by molar-refractivity contribution is 14.1. The van der Waals surface area contributed by atoms with Crippen LogP contribution in [0.25, 0.3) is 5.82 Å². The van der Waals surface area contributed by atoms with E-state index in [1.807, 2.05) is 6.20 Å². The van der Waals surface area contributed by atoms with E-state index >= 15 is 0 Å². The molecule has 6 heteroatoms. The van der Waals surface area contributed by atoms with Gasteiger partial charge in [-0.3, -0.25) is 4.98 Å². The summed E-state index contributed by atoms with van der Waals surface area (Å²) in [4.78, 5) is 8.68. The fourth-order valence-corrected chi connectivity index (χ4v) is 1.77. The molecule has 0 bridgehead atoms. The van der Waals surface area contributed by atoms with E-state index in [0.717, 1.165) is 34.6 Å². The molecule has 2 heterocycles. The normalized spacial score (nSPS) is 10.7. The predicted molar refractivity (Wildman–Crippen MR) is 73.9 cm³/mol. The summed E-state index contributed by atoms with van der Waals surface area (Å²) < 4.78 is 2.80. The van der Waals surface area contributed by atoms with Crippen LogP contribution in [0, 0.1) is 3.57 Å². The lowest BCUT2D eigenvalue weighted by Gasteiger charge is -2.03. The van der Waals surface area contributed by atoms with E-state index in [1.54, 1.807) is 23.3 Å². The molecule has 0 amide bonds. The smallest absolute Gasteiger partial charge is 0.171 e. The zero-order chi connectivity index (χ0) is 12.1. The van der Waals surface area contributed by atoms with E-state index in [4.69, 9.17) is 0 Å². The Labute approximate surface area is 114 Å². The fraction of sp³-hybridized carbons (Fsp3) is 0.364. The van der Waals surface area contributed by atoms with Crippen LogP contribution in [0.1, 0.15) is 19.0 Å². The Morgan fingerprint density at radius 2 is 2.18 bits per heavy atom. The topological polar surface area (TPSA) is 55.6 Å². The average molecular weight is 343 g/mol. The second-order valence-electron chi connectivity index (χ2n) is 3.65. The minimum absolute atomic E-state index is 0.743. The Hall–Kier alpha value is -1.02. The van der Waals surface area contributed by atoms with Gasteiger partial charge in [-0.25, -0.2) is 9.67 Å². The molecule has 90 valence electrons. The van der Waals surface area contributed by atoms with E-state index in [9.17, 15) is 0 Å². The number of nitrogens with zero attached hydrogens (tertiary/aromatic N) is 4. The first-order valence-electron chi connectivity index (χ1n) is 5.52. The van der Waals surface area contributed by atoms with Crippen molar-refractivity contribution in [2.75, 3.05) is 6.54 Å². The maximum absolute atomic E-state index is 4.35. The lowest BCUT2D eigenvalue weighted by atomic mass is 10.4. The molecule has 0 aromatic carbocycles. The van der Waals surface area contributed by atoms with Crippen molar-refractivity contribution in [2.24, 2.45) is 0 Å². The molecule has 2 rings (SSSR count). The van der Waals surface area contributed by atoms with E-state index in [2.05, 4.69) is 49.9 Å². The summed E-state index contributed by atoms with van der Waals surface area (Å²) >= 11 is 2.22. The van der Waals surface area contributed by atoms with Crippen LogP contribution in [0.3, 0.4) is 0 Å². The van der Waals surface area contributed by atoms with Crippen molar-refractivity contribution < 1.29 is 0 Å². The summed E-state index contributed by atoms with van der Waals surface area (Å²) in [7, 11) is 0. The molecule has 5 nitrogen and oxygen atoms in total. The molecule has 17 heavy (non-hydrogen) atoms. The minimum Gasteiger partial charge on any atom is -0.311 e. The Balaban J connectivity index is 2.02. The zero-order valence-corrected chi connectivity index (χ0v) is 11.8. The number of hydrogen-bond donors (Lipinski definition) is 1. The highest BCUT2D eigenvalue weighted by Gasteiger charge is 2.01. The van der Waals surface area contributed by atoms with E-state index in [0.29, 0.717) is 0 Å². The van der Waals surface area contributed by atoms with Crippen molar-refractivity contribution in [3.8, 4) is 5.82 Å². The molecular formula is C11H14IN5. The van der Waals surface area contributed by atoms with Crippen molar-refractivity contribution >= 4 is 22.6 Å². The predicted octanol–water partition coefficient (Wildman–Crippen LogP) is 1.77. The third kappa shape index (κ3) is 3.47. The fourth-order valence-electron chi connectivity index (χ4n) is 1.38. The van der Waals surface area contributed by atoms with Gasteiger partial charge < -0.3 is 5.32 Å². The maximum atomic E-state index is 4.35. The van der Waals surface area contributed by atoms with Gasteiger partial charge in [-0.2, -0.15) is 5.10 Å². The van der Waals surface area contributed by atoms with Crippen molar-refractivity contribution in [3.63, 3.8) is 0 Å². The largest absolute Gasteiger partial charge is 0.311 e. The van der Waals surface area contributed by atoms with Crippen molar-refractivity contribution in [1.29, 1.82) is 0 Å². The number of aromatic nitrogens is 4. The van der Waals surface area contributed by atoms with Gasteiger partial charge in [0.25, 0.3) is 0 Å². The Bertz CT molecular complexity index is 465. The molecule has 0 atom stereocenters. The lowest BCUT2D eigenvalue weighted by Crippen LogP contribution is -2.15. The van der Waals surface area contributed by atoms with Gasteiger partial charge in [0.1, 0.15) is 0 Å². The van der Waals surface area contributed by atoms with Crippen molar-refractivity contribution in [3.05, 3.63) is 34.1 Å². The van der Waals surface area contributed by atoms with Gasteiger partial charge in [-0.15, -0.1) is 0 Å². The SMILES string of the molecule is CCCNCc1cnc(-n2cc(I)cn2)cn1. The third-order valence-electron chi connectivity index (χ3n) is 2.21. The quantitative estimate of drug-likeness (QED) is 0.664. The average Bonchev–Trinajstić information content (AvgIpc) is 2.77. The number of halogens is 1. The molecule has 0 saturated carbocycles. The van der Waals surface area contributed by atoms with Crippen LogP contribution in [0.4, 0.5) is 0 Å². The monoisotopic (exact) mass is 343 g/mol. The second kappa shape index (κ2) is 6.06. The number of hydrogen-bond acceptors (Lipinski definition) is 4. The second-order valence-corrected chi connectivity index (χ2v) is 4.89. The first-order valence-corrected chi connectivity index (χ1v) is 6.59. The summed E-state index contributed by atoms with van der Waals surface area (Å²) in [5, 5.41) is 7.47. The Kier molecular flexibility index (Phi) is 4.43. The summed E-state index contributed by atoms with van der Waals surface area (Å²) in [5.74, 6) is 0.743. The van der Waals surface area contributed by atoms with Gasteiger partial charge >= 0.3 is 0 Å². The first-order chi connectivity index (χ1) is 8.29. The van der Waals surface area contributed by atoms with Crippen LogP contribution in [-0.2, 0) is 6.54 Å². The summed E-state index contributed by atoms with van der Waals surface area (Å²) in [6, 6.07) is 0. The summed E-state index contributed by atoms with van der Waals surface area (Å²) in [6.07, 6.45) is 8.36.